The van der Waals surface area contributed by atoms with Crippen molar-refractivity contribution in [3.05, 3.63) is 205 Å². The highest BCUT2D eigenvalue weighted by atomic mass is 16.3. The van der Waals surface area contributed by atoms with Crippen molar-refractivity contribution in [1.82, 2.24) is 29.1 Å². The second-order valence-electron chi connectivity index (χ2n) is 16.9. The molecule has 12 aromatic rings. The third-order valence-corrected chi connectivity index (χ3v) is 13.1. The number of fused-ring (bicyclic) bond motifs is 9. The number of rotatable bonds is 6. The van der Waals surface area contributed by atoms with E-state index in [1.54, 1.807) is 0 Å². The summed E-state index contributed by atoms with van der Waals surface area (Å²) in [5.74, 6) is 1.42. The average Bonchev–Trinajstić information content (AvgIpc) is 4.01. The Morgan fingerprint density at radius 2 is 1.02 bits per heavy atom. The average molecular weight is 823 g/mol. The Hall–Kier alpha value is -8.42. The molecule has 0 amide bonds. The van der Waals surface area contributed by atoms with Gasteiger partial charge in [0.25, 0.3) is 0 Å². The number of furan rings is 1. The minimum absolute atomic E-state index is 0.304. The third-order valence-electron chi connectivity index (χ3n) is 13.1. The third kappa shape index (κ3) is 5.54. The van der Waals surface area contributed by atoms with Crippen molar-refractivity contribution in [3.8, 4) is 45.3 Å². The first-order valence-corrected chi connectivity index (χ1v) is 21.7. The summed E-state index contributed by atoms with van der Waals surface area (Å²) in [5, 5.41) is 6.81. The maximum absolute atomic E-state index is 6.58. The molecule has 64 heavy (non-hydrogen) atoms. The molecule has 7 heteroatoms. The van der Waals surface area contributed by atoms with E-state index in [4.69, 9.17) is 14.4 Å². The molecule has 0 N–H and O–H groups in total. The fourth-order valence-electron chi connectivity index (χ4n) is 10.1. The van der Waals surface area contributed by atoms with Gasteiger partial charge in [0.15, 0.2) is 11.6 Å². The summed E-state index contributed by atoms with van der Waals surface area (Å²) in [6.45, 7) is 2.35. The molecule has 302 valence electrons. The number of hydrogen-bond donors (Lipinski definition) is 0. The Morgan fingerprint density at radius 1 is 0.484 bits per heavy atom. The molecule has 0 spiro atoms. The smallest absolute Gasteiger partial charge is 0.159 e. The molecule has 5 aromatic heterocycles. The Balaban J connectivity index is 0.975. The topological polar surface area (TPSA) is 74.6 Å². The molecule has 0 radical (unpaired) electrons. The number of hydrogen-bond acceptors (Lipinski definition) is 5. The molecule has 0 bridgehead atoms. The van der Waals surface area contributed by atoms with Crippen LogP contribution in [0.2, 0.25) is 0 Å². The first-order valence-electron chi connectivity index (χ1n) is 21.7. The van der Waals surface area contributed by atoms with Gasteiger partial charge >= 0.3 is 0 Å². The first-order chi connectivity index (χ1) is 31.6. The molecule has 7 nitrogen and oxygen atoms in total. The molecular weight excluding hydrogens is 785 g/mol. The monoisotopic (exact) mass is 822 g/mol. The van der Waals surface area contributed by atoms with E-state index in [2.05, 4.69) is 190 Å². The van der Waals surface area contributed by atoms with E-state index in [9.17, 15) is 0 Å². The molecule has 0 saturated heterocycles. The second-order valence-corrected chi connectivity index (χ2v) is 16.9. The van der Waals surface area contributed by atoms with E-state index in [1.807, 2.05) is 36.9 Å². The zero-order valence-corrected chi connectivity index (χ0v) is 34.9. The lowest BCUT2D eigenvalue weighted by atomic mass is 9.76. The summed E-state index contributed by atoms with van der Waals surface area (Å²) in [6.07, 6.45) is 12.8. The zero-order chi connectivity index (χ0) is 42.4. The standard InChI is InChI=1S/C57H38N6O/c1-57(38-22-24-48-45(34-38)54-42(56-60-30-11-31-61-56)17-9-19-50(54)63(48)40-14-6-3-7-15-40)27-26-52-46(35-57)43-32-37(21-25-51(43)64-52)36-20-23-47-44(33-36)53-41(55-58-28-10-29-59-55)16-8-18-49(53)62(47)39-12-4-2-5-13-39/h2-26,28-35H,27H2,1H3. The van der Waals surface area contributed by atoms with Crippen LogP contribution in [0.25, 0.3) is 112 Å². The van der Waals surface area contributed by atoms with Crippen molar-refractivity contribution in [2.75, 3.05) is 0 Å². The molecule has 0 fully saturated rings. The lowest BCUT2D eigenvalue weighted by molar-refractivity contribution is 0.558. The highest BCUT2D eigenvalue weighted by Crippen LogP contribution is 2.42. The predicted molar refractivity (Wildman–Crippen MR) is 259 cm³/mol. The van der Waals surface area contributed by atoms with Crippen LogP contribution in [-0.2, 0) is 5.41 Å². The van der Waals surface area contributed by atoms with Crippen LogP contribution in [0, 0.1) is 0 Å². The fourth-order valence-corrected chi connectivity index (χ4v) is 10.1. The molecule has 1 unspecified atom stereocenters. The maximum Gasteiger partial charge on any atom is 0.159 e. The molecule has 5 heterocycles. The summed E-state index contributed by atoms with van der Waals surface area (Å²) < 4.78 is 11.3. The summed E-state index contributed by atoms with van der Waals surface area (Å²) in [5.41, 5.74) is 13.7. The minimum Gasteiger partial charge on any atom is -0.456 e. The highest BCUT2D eigenvalue weighted by Gasteiger charge is 2.29. The SMILES string of the molecule is CC1(c2ccc3c(c2)c2c(-c4ncccn4)cccc2n3-c2ccccc2)C=c2c(oc3ccc(-c4ccc5c(c4)c4c(-c6ncccn6)cccc4n5-c4ccccc4)cc23)=CC1. The largest absolute Gasteiger partial charge is 0.456 e. The van der Waals surface area contributed by atoms with Crippen LogP contribution in [0.4, 0.5) is 0 Å². The van der Waals surface area contributed by atoms with Crippen molar-refractivity contribution < 1.29 is 4.42 Å². The lowest BCUT2D eigenvalue weighted by Crippen LogP contribution is -2.32. The van der Waals surface area contributed by atoms with Gasteiger partial charge in [0, 0.05) is 84.9 Å². The normalized spacial score (nSPS) is 14.9. The zero-order valence-electron chi connectivity index (χ0n) is 34.9. The van der Waals surface area contributed by atoms with Gasteiger partial charge in [-0.1, -0.05) is 91.9 Å². The van der Waals surface area contributed by atoms with Gasteiger partial charge in [0.05, 0.1) is 22.1 Å². The molecule has 0 aliphatic heterocycles. The number of nitrogens with zero attached hydrogens (tertiary/aromatic N) is 6. The molecule has 1 atom stereocenters. The van der Waals surface area contributed by atoms with Crippen molar-refractivity contribution in [2.24, 2.45) is 0 Å². The van der Waals surface area contributed by atoms with Crippen molar-refractivity contribution in [1.29, 1.82) is 0 Å². The van der Waals surface area contributed by atoms with Gasteiger partial charge < -0.3 is 13.6 Å². The van der Waals surface area contributed by atoms with E-state index in [1.165, 1.54) is 10.9 Å². The number of benzene rings is 7. The van der Waals surface area contributed by atoms with Crippen LogP contribution in [0.3, 0.4) is 0 Å². The van der Waals surface area contributed by atoms with E-state index < -0.39 is 0 Å². The summed E-state index contributed by atoms with van der Waals surface area (Å²) >= 11 is 0. The first kappa shape index (κ1) is 36.3. The van der Waals surface area contributed by atoms with Crippen LogP contribution < -0.4 is 10.6 Å². The van der Waals surface area contributed by atoms with Gasteiger partial charge in [-0.05, 0) is 114 Å². The lowest BCUT2D eigenvalue weighted by Gasteiger charge is -2.27. The Bertz CT molecular complexity index is 3930. The van der Waals surface area contributed by atoms with E-state index in [0.717, 1.165) is 99.9 Å². The van der Waals surface area contributed by atoms with E-state index in [0.29, 0.717) is 11.6 Å². The quantitative estimate of drug-likeness (QED) is 0.167. The van der Waals surface area contributed by atoms with E-state index in [-0.39, 0.29) is 5.41 Å². The molecular formula is C57H38N6O. The molecule has 1 aliphatic rings. The Morgan fingerprint density at radius 3 is 1.61 bits per heavy atom. The summed E-state index contributed by atoms with van der Waals surface area (Å²) in [7, 11) is 0. The van der Waals surface area contributed by atoms with Gasteiger partial charge in [0.2, 0.25) is 0 Å². The molecule has 1 aliphatic carbocycles. The highest BCUT2D eigenvalue weighted by molar-refractivity contribution is 6.17. The van der Waals surface area contributed by atoms with Crippen molar-refractivity contribution >= 4 is 66.7 Å². The van der Waals surface area contributed by atoms with Crippen LogP contribution in [0.15, 0.2) is 193 Å². The van der Waals surface area contributed by atoms with Gasteiger partial charge in [0.1, 0.15) is 11.0 Å². The Labute approximate surface area is 367 Å². The Kier molecular flexibility index (Phi) is 7.96. The number of aromatic nitrogens is 6. The summed E-state index contributed by atoms with van der Waals surface area (Å²) in [6, 6.07) is 58.1. The summed E-state index contributed by atoms with van der Waals surface area (Å²) in [4.78, 5) is 18.8. The van der Waals surface area contributed by atoms with Crippen molar-refractivity contribution in [2.45, 2.75) is 18.8 Å². The minimum atomic E-state index is -0.304. The van der Waals surface area contributed by atoms with E-state index >= 15 is 0 Å². The number of para-hydroxylation sites is 2. The van der Waals surface area contributed by atoms with Crippen molar-refractivity contribution in [3.63, 3.8) is 0 Å². The van der Waals surface area contributed by atoms with Crippen LogP contribution in [0.1, 0.15) is 18.9 Å². The van der Waals surface area contributed by atoms with Crippen LogP contribution in [-0.4, -0.2) is 29.1 Å². The maximum atomic E-state index is 6.58. The van der Waals surface area contributed by atoms with Gasteiger partial charge in [-0.3, -0.25) is 0 Å². The van der Waals surface area contributed by atoms with Gasteiger partial charge in [-0.15, -0.1) is 0 Å². The predicted octanol–water partition coefficient (Wildman–Crippen LogP) is 12.1. The molecule has 13 rings (SSSR count). The van der Waals surface area contributed by atoms with Crippen LogP contribution >= 0.6 is 0 Å². The van der Waals surface area contributed by atoms with Gasteiger partial charge in [-0.25, -0.2) is 19.9 Å². The molecule has 7 aromatic carbocycles. The molecule has 0 saturated carbocycles. The van der Waals surface area contributed by atoms with Crippen LogP contribution in [0.5, 0.6) is 0 Å². The fraction of sp³-hybridized carbons (Fsp3) is 0.0526. The van der Waals surface area contributed by atoms with Gasteiger partial charge in [-0.2, -0.15) is 0 Å². The second kappa shape index (κ2) is 14.1.